The van der Waals surface area contributed by atoms with Gasteiger partial charge in [0.1, 0.15) is 0 Å². The van der Waals surface area contributed by atoms with E-state index in [1.807, 2.05) is 0 Å². The summed E-state index contributed by atoms with van der Waals surface area (Å²) >= 11 is 0. The van der Waals surface area contributed by atoms with Crippen LogP contribution in [0.3, 0.4) is 0 Å². The fourth-order valence-electron chi connectivity index (χ4n) is 4.43. The largest absolute Gasteiger partial charge is 0.388 e. The number of hydrogen-bond donors (Lipinski definition) is 2. The van der Waals surface area contributed by atoms with Crippen molar-refractivity contribution in [2.24, 2.45) is 23.5 Å². The van der Waals surface area contributed by atoms with Crippen molar-refractivity contribution in [2.75, 3.05) is 26.2 Å². The summed E-state index contributed by atoms with van der Waals surface area (Å²) < 4.78 is 0. The maximum atomic E-state index is 10.2. The van der Waals surface area contributed by atoms with Crippen LogP contribution in [0.25, 0.3) is 0 Å². The van der Waals surface area contributed by atoms with Crippen LogP contribution in [0.4, 0.5) is 0 Å². The molecule has 0 amide bonds. The molecule has 4 fully saturated rings. The lowest BCUT2D eigenvalue weighted by molar-refractivity contribution is -0.0256. The molecule has 3 N–H and O–H groups in total. The first kappa shape index (κ1) is 12.9. The van der Waals surface area contributed by atoms with Crippen LogP contribution >= 0.6 is 0 Å². The van der Waals surface area contributed by atoms with Gasteiger partial charge in [-0.2, -0.15) is 0 Å². The SMILES string of the molecule is NCC1(O)CCN(CC2CC3CCC2CC3)CC1. The highest BCUT2D eigenvalue weighted by molar-refractivity contribution is 4.91. The molecular formula is C15H28N2O. The molecule has 0 aromatic rings. The quantitative estimate of drug-likeness (QED) is 0.802. The van der Waals surface area contributed by atoms with Gasteiger partial charge in [-0.3, -0.25) is 0 Å². The van der Waals surface area contributed by atoms with E-state index in [1.54, 1.807) is 0 Å². The molecular weight excluding hydrogens is 224 g/mol. The molecule has 104 valence electrons. The molecule has 1 atom stereocenters. The average Bonchev–Trinajstić information content (AvgIpc) is 2.43. The number of hydrogen-bond acceptors (Lipinski definition) is 3. The zero-order valence-corrected chi connectivity index (χ0v) is 11.5. The fraction of sp³-hybridized carbons (Fsp3) is 1.00. The highest BCUT2D eigenvalue weighted by Gasteiger charge is 2.38. The molecule has 18 heavy (non-hydrogen) atoms. The number of aliphatic hydroxyl groups is 1. The Morgan fingerprint density at radius 1 is 1.11 bits per heavy atom. The zero-order chi connectivity index (χ0) is 12.6. The van der Waals surface area contributed by atoms with Gasteiger partial charge in [0.05, 0.1) is 5.60 Å². The van der Waals surface area contributed by atoms with E-state index in [0.717, 1.165) is 43.7 Å². The molecule has 1 heterocycles. The number of fused-ring (bicyclic) bond motifs is 3. The van der Waals surface area contributed by atoms with Crippen molar-refractivity contribution in [3.63, 3.8) is 0 Å². The van der Waals surface area contributed by atoms with Crippen molar-refractivity contribution >= 4 is 0 Å². The van der Waals surface area contributed by atoms with Crippen molar-refractivity contribution in [3.05, 3.63) is 0 Å². The first-order valence-corrected chi connectivity index (χ1v) is 7.83. The predicted octanol–water partition coefficient (Wildman–Crippen LogP) is 1.60. The molecule has 3 aliphatic carbocycles. The third kappa shape index (κ3) is 2.59. The Hall–Kier alpha value is -0.120. The lowest BCUT2D eigenvalue weighted by atomic mass is 9.64. The molecule has 3 saturated carbocycles. The summed E-state index contributed by atoms with van der Waals surface area (Å²) in [5.74, 6) is 2.98. The minimum absolute atomic E-state index is 0.426. The normalized spacial score (nSPS) is 40.0. The molecule has 2 bridgehead atoms. The molecule has 0 aromatic carbocycles. The van der Waals surface area contributed by atoms with Gasteiger partial charge in [-0.1, -0.05) is 12.8 Å². The highest BCUT2D eigenvalue weighted by atomic mass is 16.3. The van der Waals surface area contributed by atoms with E-state index in [1.165, 1.54) is 38.6 Å². The Bertz CT molecular complexity index is 278. The summed E-state index contributed by atoms with van der Waals surface area (Å²) in [7, 11) is 0. The van der Waals surface area contributed by atoms with E-state index < -0.39 is 5.60 Å². The van der Waals surface area contributed by atoms with Crippen LogP contribution in [-0.2, 0) is 0 Å². The second kappa shape index (κ2) is 5.10. The Balaban J connectivity index is 1.50. The third-order valence-corrected chi connectivity index (χ3v) is 5.85. The van der Waals surface area contributed by atoms with Gasteiger partial charge in [0.2, 0.25) is 0 Å². The molecule has 0 aromatic heterocycles. The van der Waals surface area contributed by atoms with E-state index in [0.29, 0.717) is 6.54 Å². The summed E-state index contributed by atoms with van der Waals surface area (Å²) in [6.45, 7) is 3.79. The fourth-order valence-corrected chi connectivity index (χ4v) is 4.43. The Morgan fingerprint density at radius 2 is 1.78 bits per heavy atom. The van der Waals surface area contributed by atoms with Gasteiger partial charge in [0.25, 0.3) is 0 Å². The number of rotatable bonds is 3. The molecule has 4 aliphatic rings. The van der Waals surface area contributed by atoms with Crippen LogP contribution in [0, 0.1) is 17.8 Å². The molecule has 1 unspecified atom stereocenters. The summed E-state index contributed by atoms with van der Waals surface area (Å²) in [5, 5.41) is 10.2. The summed E-state index contributed by atoms with van der Waals surface area (Å²) in [4.78, 5) is 2.58. The minimum atomic E-state index is -0.567. The molecule has 0 radical (unpaired) electrons. The highest BCUT2D eigenvalue weighted by Crippen LogP contribution is 2.45. The predicted molar refractivity (Wildman–Crippen MR) is 73.2 cm³/mol. The van der Waals surface area contributed by atoms with E-state index >= 15 is 0 Å². The Kier molecular flexibility index (Phi) is 3.65. The van der Waals surface area contributed by atoms with Crippen LogP contribution in [-0.4, -0.2) is 41.8 Å². The second-order valence-corrected chi connectivity index (χ2v) is 7.01. The number of nitrogens with two attached hydrogens (primary N) is 1. The number of nitrogens with zero attached hydrogens (tertiary/aromatic N) is 1. The van der Waals surface area contributed by atoms with Crippen LogP contribution in [0.1, 0.15) is 44.9 Å². The molecule has 4 rings (SSSR count). The van der Waals surface area contributed by atoms with Gasteiger partial charge in [-0.15, -0.1) is 0 Å². The lowest BCUT2D eigenvalue weighted by Gasteiger charge is -2.46. The monoisotopic (exact) mass is 252 g/mol. The van der Waals surface area contributed by atoms with E-state index in [-0.39, 0.29) is 0 Å². The average molecular weight is 252 g/mol. The summed E-state index contributed by atoms with van der Waals surface area (Å²) in [6, 6.07) is 0. The van der Waals surface area contributed by atoms with Crippen molar-refractivity contribution in [3.8, 4) is 0 Å². The summed E-state index contributed by atoms with van der Waals surface area (Å²) in [6.07, 6.45) is 9.16. The van der Waals surface area contributed by atoms with Gasteiger partial charge in [0, 0.05) is 26.2 Å². The van der Waals surface area contributed by atoms with Gasteiger partial charge < -0.3 is 15.7 Å². The second-order valence-electron chi connectivity index (χ2n) is 7.01. The van der Waals surface area contributed by atoms with Gasteiger partial charge in [0.15, 0.2) is 0 Å². The van der Waals surface area contributed by atoms with Crippen molar-refractivity contribution in [2.45, 2.75) is 50.5 Å². The van der Waals surface area contributed by atoms with E-state index in [2.05, 4.69) is 4.90 Å². The van der Waals surface area contributed by atoms with Crippen molar-refractivity contribution in [1.82, 2.24) is 4.90 Å². The summed E-state index contributed by atoms with van der Waals surface area (Å²) in [5.41, 5.74) is 5.08. The molecule has 1 aliphatic heterocycles. The first-order chi connectivity index (χ1) is 8.68. The Labute approximate surface area is 111 Å². The zero-order valence-electron chi connectivity index (χ0n) is 11.5. The molecule has 3 nitrogen and oxygen atoms in total. The maximum Gasteiger partial charge on any atom is 0.0793 e. The van der Waals surface area contributed by atoms with Crippen molar-refractivity contribution in [1.29, 1.82) is 0 Å². The van der Waals surface area contributed by atoms with Gasteiger partial charge in [-0.05, 0) is 49.9 Å². The molecule has 3 heteroatoms. The van der Waals surface area contributed by atoms with Crippen molar-refractivity contribution < 1.29 is 5.11 Å². The number of likely N-dealkylation sites (tertiary alicyclic amines) is 1. The number of piperidine rings is 1. The standard InChI is InChI=1S/C15H28N2O/c16-11-15(18)5-7-17(8-6-15)10-14-9-12-1-3-13(14)4-2-12/h12-14,18H,1-11,16H2. The molecule has 0 spiro atoms. The Morgan fingerprint density at radius 3 is 2.28 bits per heavy atom. The van der Waals surface area contributed by atoms with Gasteiger partial charge >= 0.3 is 0 Å². The van der Waals surface area contributed by atoms with E-state index in [4.69, 9.17) is 5.73 Å². The minimum Gasteiger partial charge on any atom is -0.388 e. The smallest absolute Gasteiger partial charge is 0.0793 e. The van der Waals surface area contributed by atoms with Crippen LogP contribution in [0.2, 0.25) is 0 Å². The van der Waals surface area contributed by atoms with Crippen LogP contribution < -0.4 is 5.73 Å². The van der Waals surface area contributed by atoms with Gasteiger partial charge in [-0.25, -0.2) is 0 Å². The van der Waals surface area contributed by atoms with E-state index in [9.17, 15) is 5.11 Å². The topological polar surface area (TPSA) is 49.5 Å². The third-order valence-electron chi connectivity index (χ3n) is 5.85. The lowest BCUT2D eigenvalue weighted by Crippen LogP contribution is -2.50. The van der Waals surface area contributed by atoms with Crippen LogP contribution in [0.15, 0.2) is 0 Å². The maximum absolute atomic E-state index is 10.2. The van der Waals surface area contributed by atoms with Crippen LogP contribution in [0.5, 0.6) is 0 Å². The molecule has 1 saturated heterocycles. The first-order valence-electron chi connectivity index (χ1n) is 7.83.